The Labute approximate surface area is 187 Å². The number of nitrogens with zero attached hydrogens (tertiary/aromatic N) is 2. The molecule has 2 N–H and O–H groups in total. The van der Waals surface area contributed by atoms with Gasteiger partial charge in [0.25, 0.3) is 11.8 Å². The summed E-state index contributed by atoms with van der Waals surface area (Å²) in [7, 11) is 0. The quantitative estimate of drug-likeness (QED) is 0.584. The number of aryl methyl sites for hydroxylation is 1. The van der Waals surface area contributed by atoms with Gasteiger partial charge in [-0.15, -0.1) is 0 Å². The van der Waals surface area contributed by atoms with Crippen LogP contribution in [0.3, 0.4) is 0 Å². The van der Waals surface area contributed by atoms with E-state index in [9.17, 15) is 14.4 Å². The third kappa shape index (κ3) is 4.42. The first-order valence-corrected chi connectivity index (χ1v) is 11.0. The highest BCUT2D eigenvalue weighted by Gasteiger charge is 2.28. The molecule has 2 amide bonds. The van der Waals surface area contributed by atoms with Crippen molar-refractivity contribution in [2.24, 2.45) is 5.92 Å². The average molecular weight is 433 g/mol. The molecule has 0 spiro atoms. The molecule has 1 aromatic carbocycles. The Morgan fingerprint density at radius 2 is 2.00 bits per heavy atom. The Kier molecular flexibility index (Phi) is 6.08. The lowest BCUT2D eigenvalue weighted by Gasteiger charge is -2.30. The number of aromatic nitrogens is 2. The summed E-state index contributed by atoms with van der Waals surface area (Å²) in [4.78, 5) is 46.7. The minimum absolute atomic E-state index is 0.153. The minimum atomic E-state index is -0.418. The maximum absolute atomic E-state index is 12.7. The molecular weight excluding hydrogens is 404 g/mol. The van der Waals surface area contributed by atoms with Crippen LogP contribution in [-0.4, -0.2) is 39.0 Å². The molecule has 7 nitrogen and oxygen atoms in total. The summed E-state index contributed by atoms with van der Waals surface area (Å²) >= 11 is 0. The molecule has 0 saturated heterocycles. The fourth-order valence-electron chi connectivity index (χ4n) is 4.22. The van der Waals surface area contributed by atoms with Gasteiger partial charge in [0.2, 0.25) is 5.78 Å². The van der Waals surface area contributed by atoms with E-state index in [1.54, 1.807) is 11.1 Å². The lowest BCUT2D eigenvalue weighted by Crippen LogP contribution is -2.41. The van der Waals surface area contributed by atoms with Crippen molar-refractivity contribution in [1.82, 2.24) is 20.2 Å². The molecule has 0 fully saturated rings. The number of benzene rings is 1. The van der Waals surface area contributed by atoms with E-state index in [0.29, 0.717) is 31.7 Å². The standard InChI is InChI=1S/C25H28N4O3/c1-15(2)10-23(30)25(32)29-9-8-19-18(14-29)12-26-16(3)20(19)13-27-24(31)22-11-17-6-4-5-7-21(17)28-22/h4-7,11-12,15,28H,8-10,13-14H2,1-3H3,(H,27,31). The molecule has 0 saturated carbocycles. The topological polar surface area (TPSA) is 95.2 Å². The maximum Gasteiger partial charge on any atom is 0.290 e. The summed E-state index contributed by atoms with van der Waals surface area (Å²) in [5.74, 6) is -0.779. The third-order valence-electron chi connectivity index (χ3n) is 5.92. The molecule has 3 aromatic rings. The van der Waals surface area contributed by atoms with Crippen LogP contribution in [0, 0.1) is 12.8 Å². The molecule has 1 aliphatic heterocycles. The molecular formula is C25H28N4O3. The normalized spacial score (nSPS) is 13.3. The zero-order valence-corrected chi connectivity index (χ0v) is 18.7. The van der Waals surface area contributed by atoms with E-state index in [2.05, 4.69) is 15.3 Å². The molecule has 32 heavy (non-hydrogen) atoms. The van der Waals surface area contributed by atoms with E-state index in [0.717, 1.165) is 33.3 Å². The summed E-state index contributed by atoms with van der Waals surface area (Å²) in [5.41, 5.74) is 5.31. The smallest absolute Gasteiger partial charge is 0.290 e. The number of aromatic amines is 1. The molecule has 0 unspecified atom stereocenters. The first-order valence-electron chi connectivity index (χ1n) is 11.0. The Morgan fingerprint density at radius 1 is 1.22 bits per heavy atom. The highest BCUT2D eigenvalue weighted by Crippen LogP contribution is 2.24. The van der Waals surface area contributed by atoms with Gasteiger partial charge in [0.1, 0.15) is 5.69 Å². The lowest BCUT2D eigenvalue weighted by molar-refractivity contribution is -0.145. The van der Waals surface area contributed by atoms with Crippen molar-refractivity contribution >= 4 is 28.5 Å². The number of pyridine rings is 1. The van der Waals surface area contributed by atoms with E-state index < -0.39 is 5.91 Å². The fourth-order valence-corrected chi connectivity index (χ4v) is 4.22. The van der Waals surface area contributed by atoms with Crippen LogP contribution in [0.4, 0.5) is 0 Å². The van der Waals surface area contributed by atoms with Crippen molar-refractivity contribution < 1.29 is 14.4 Å². The Hall–Kier alpha value is -3.48. The van der Waals surface area contributed by atoms with Gasteiger partial charge >= 0.3 is 0 Å². The van der Waals surface area contributed by atoms with Crippen molar-refractivity contribution in [1.29, 1.82) is 0 Å². The van der Waals surface area contributed by atoms with E-state index in [1.807, 2.05) is 51.1 Å². The van der Waals surface area contributed by atoms with Crippen molar-refractivity contribution in [3.63, 3.8) is 0 Å². The van der Waals surface area contributed by atoms with Crippen LogP contribution < -0.4 is 5.32 Å². The molecule has 1 aliphatic rings. The minimum Gasteiger partial charge on any atom is -0.351 e. The zero-order valence-electron chi connectivity index (χ0n) is 18.7. The Balaban J connectivity index is 1.47. The summed E-state index contributed by atoms with van der Waals surface area (Å²) in [6, 6.07) is 9.60. The number of carbonyl (C=O) groups is 3. The third-order valence-corrected chi connectivity index (χ3v) is 5.92. The number of fused-ring (bicyclic) bond motifs is 2. The number of Topliss-reactive ketones (excluding diaryl/α,β-unsaturated/α-hetero) is 1. The fraction of sp³-hybridized carbons (Fsp3) is 0.360. The van der Waals surface area contributed by atoms with Gasteiger partial charge in [-0.05, 0) is 48.1 Å². The molecule has 0 aliphatic carbocycles. The predicted octanol–water partition coefficient (Wildman–Crippen LogP) is 3.30. The molecule has 0 atom stereocenters. The molecule has 7 heteroatoms. The van der Waals surface area contributed by atoms with E-state index in [4.69, 9.17) is 0 Å². The molecule has 0 radical (unpaired) electrons. The average Bonchev–Trinajstić information content (AvgIpc) is 3.21. The number of nitrogens with one attached hydrogen (secondary N) is 2. The van der Waals surface area contributed by atoms with Crippen LogP contribution >= 0.6 is 0 Å². The Morgan fingerprint density at radius 3 is 2.75 bits per heavy atom. The van der Waals surface area contributed by atoms with Gasteiger partial charge in [-0.1, -0.05) is 32.0 Å². The SMILES string of the molecule is Cc1ncc2c(c1CNC(=O)c1cc3ccccc3[nH]1)CCN(C(=O)C(=O)CC(C)C)C2. The van der Waals surface area contributed by atoms with Gasteiger partial charge in [0.15, 0.2) is 0 Å². The number of carbonyl (C=O) groups excluding carboxylic acids is 3. The van der Waals surface area contributed by atoms with Crippen molar-refractivity contribution in [2.75, 3.05) is 6.54 Å². The summed E-state index contributed by atoms with van der Waals surface area (Å²) in [6.45, 7) is 7.00. The van der Waals surface area contributed by atoms with Crippen LogP contribution in [0.5, 0.6) is 0 Å². The predicted molar refractivity (Wildman–Crippen MR) is 122 cm³/mol. The monoisotopic (exact) mass is 432 g/mol. The highest BCUT2D eigenvalue weighted by molar-refractivity contribution is 6.36. The van der Waals surface area contributed by atoms with Crippen LogP contribution in [0.1, 0.15) is 53.1 Å². The van der Waals surface area contributed by atoms with E-state index >= 15 is 0 Å². The van der Waals surface area contributed by atoms with Gasteiger partial charge in [-0.3, -0.25) is 19.4 Å². The second kappa shape index (κ2) is 8.94. The van der Waals surface area contributed by atoms with Gasteiger partial charge in [-0.25, -0.2) is 0 Å². The molecule has 0 bridgehead atoms. The number of H-pyrrole nitrogens is 1. The number of hydrogen-bond donors (Lipinski definition) is 2. The molecule has 4 rings (SSSR count). The van der Waals surface area contributed by atoms with Crippen LogP contribution in [0.15, 0.2) is 36.5 Å². The summed E-state index contributed by atoms with van der Waals surface area (Å²) < 4.78 is 0. The zero-order chi connectivity index (χ0) is 22.8. The van der Waals surface area contributed by atoms with Crippen molar-refractivity contribution in [2.45, 2.75) is 46.7 Å². The highest BCUT2D eigenvalue weighted by atomic mass is 16.2. The van der Waals surface area contributed by atoms with E-state index in [-0.39, 0.29) is 24.0 Å². The first kappa shape index (κ1) is 21.7. The lowest BCUT2D eigenvalue weighted by atomic mass is 9.94. The largest absolute Gasteiger partial charge is 0.351 e. The van der Waals surface area contributed by atoms with Crippen molar-refractivity contribution in [3.05, 3.63) is 64.6 Å². The Bertz CT molecular complexity index is 1160. The molecule has 166 valence electrons. The van der Waals surface area contributed by atoms with Crippen LogP contribution in [-0.2, 0) is 29.1 Å². The second-order valence-electron chi connectivity index (χ2n) is 8.78. The number of rotatable bonds is 6. The number of amides is 2. The first-order chi connectivity index (χ1) is 15.3. The van der Waals surface area contributed by atoms with Crippen molar-refractivity contribution in [3.8, 4) is 0 Å². The van der Waals surface area contributed by atoms with Gasteiger partial charge in [0, 0.05) is 48.8 Å². The van der Waals surface area contributed by atoms with Gasteiger partial charge < -0.3 is 15.2 Å². The number of para-hydroxylation sites is 1. The summed E-state index contributed by atoms with van der Waals surface area (Å²) in [5, 5.41) is 3.99. The maximum atomic E-state index is 12.7. The van der Waals surface area contributed by atoms with Crippen LogP contribution in [0.25, 0.3) is 10.9 Å². The van der Waals surface area contributed by atoms with Gasteiger partial charge in [-0.2, -0.15) is 0 Å². The van der Waals surface area contributed by atoms with E-state index in [1.165, 1.54) is 0 Å². The number of hydrogen-bond acceptors (Lipinski definition) is 4. The van der Waals surface area contributed by atoms with Crippen LogP contribution in [0.2, 0.25) is 0 Å². The summed E-state index contributed by atoms with van der Waals surface area (Å²) in [6.07, 6.45) is 2.68. The molecule has 2 aromatic heterocycles. The van der Waals surface area contributed by atoms with Gasteiger partial charge in [0.05, 0.1) is 0 Å². The number of ketones is 1. The second-order valence-corrected chi connectivity index (χ2v) is 8.78. The molecule has 3 heterocycles.